The molecule has 0 spiro atoms. The summed E-state index contributed by atoms with van der Waals surface area (Å²) in [5, 5.41) is 7.69. The molecule has 0 saturated carbocycles. The van der Waals surface area contributed by atoms with Gasteiger partial charge >= 0.3 is 12.1 Å². The number of alkyl halides is 3. The van der Waals surface area contributed by atoms with Gasteiger partial charge in [0.2, 0.25) is 0 Å². The quantitative estimate of drug-likeness (QED) is 0.422. The van der Waals surface area contributed by atoms with Gasteiger partial charge in [0.25, 0.3) is 0 Å². The van der Waals surface area contributed by atoms with Crippen LogP contribution in [0, 0.1) is 6.92 Å². The molecule has 1 fully saturated rings. The molecule has 190 valence electrons. The Bertz CT molecular complexity index is 1270. The number of carbonyl (C=O) groups excluding carboxylic acids is 2. The monoisotopic (exact) mass is 538 g/mol. The molecule has 0 radical (unpaired) electrons. The molecule has 1 aromatic heterocycles. The summed E-state index contributed by atoms with van der Waals surface area (Å²) in [6.07, 6.45) is -4.27. The topological polar surface area (TPSA) is 67.2 Å². The van der Waals surface area contributed by atoms with Crippen molar-refractivity contribution in [1.82, 2.24) is 20.0 Å². The Hall–Kier alpha value is -2.88. The van der Waals surface area contributed by atoms with Crippen molar-refractivity contribution in [2.75, 3.05) is 19.6 Å². The normalized spacial score (nSPS) is 15.2. The molecular weight excluding hydrogens is 516 g/mol. The Morgan fingerprint density at radius 2 is 1.69 bits per heavy atom. The van der Waals surface area contributed by atoms with Gasteiger partial charge in [0.05, 0.1) is 22.9 Å². The summed E-state index contributed by atoms with van der Waals surface area (Å²) >= 11 is 12.5. The maximum atomic E-state index is 13.3. The number of nitrogens with one attached hydrogen (secondary N) is 1. The number of Topliss-reactive ketones (excluding diaryl/α,β-unsaturated/α-hetero) is 1. The van der Waals surface area contributed by atoms with Crippen LogP contribution in [-0.4, -0.2) is 58.2 Å². The van der Waals surface area contributed by atoms with Crippen LogP contribution in [0.4, 0.5) is 13.2 Å². The van der Waals surface area contributed by atoms with E-state index in [1.165, 1.54) is 0 Å². The van der Waals surface area contributed by atoms with Crippen molar-refractivity contribution >= 4 is 34.9 Å². The fourth-order valence-electron chi connectivity index (χ4n) is 4.29. The van der Waals surface area contributed by atoms with Crippen LogP contribution in [0.3, 0.4) is 0 Å². The highest BCUT2D eigenvalue weighted by molar-refractivity contribution is 6.32. The summed E-state index contributed by atoms with van der Waals surface area (Å²) in [6.45, 7) is 2.63. The molecule has 1 aliphatic heterocycles. The molecule has 0 atom stereocenters. The van der Waals surface area contributed by atoms with Gasteiger partial charge in [0.15, 0.2) is 5.78 Å². The van der Waals surface area contributed by atoms with E-state index in [0.29, 0.717) is 52.9 Å². The molecule has 6 nitrogen and oxygen atoms in total. The lowest BCUT2D eigenvalue weighted by Gasteiger charge is -2.31. The largest absolute Gasteiger partial charge is 0.471 e. The summed E-state index contributed by atoms with van der Waals surface area (Å²) in [4.78, 5) is 26.4. The first-order chi connectivity index (χ1) is 17.0. The number of halogens is 5. The molecule has 36 heavy (non-hydrogen) atoms. The number of hydrogen-bond donors (Lipinski definition) is 1. The molecule has 1 saturated heterocycles. The van der Waals surface area contributed by atoms with Crippen molar-refractivity contribution < 1.29 is 22.8 Å². The van der Waals surface area contributed by atoms with Crippen LogP contribution in [0.15, 0.2) is 48.5 Å². The van der Waals surface area contributed by atoms with Gasteiger partial charge in [-0.25, -0.2) is 4.68 Å². The Morgan fingerprint density at radius 1 is 1.06 bits per heavy atom. The van der Waals surface area contributed by atoms with Crippen molar-refractivity contribution in [3.63, 3.8) is 0 Å². The van der Waals surface area contributed by atoms with E-state index < -0.39 is 18.1 Å². The third kappa shape index (κ3) is 5.74. The molecule has 4 rings (SSSR count). The number of amides is 1. The Kier molecular flexibility index (Phi) is 7.73. The SMILES string of the molecule is Cc1c(C(=O)CN2CCC(NC(=O)C(F)(F)F)CC2)nn(-c2ccccc2Cl)c1-c1ccc(Cl)cc1. The van der Waals surface area contributed by atoms with E-state index in [-0.39, 0.29) is 18.0 Å². The van der Waals surface area contributed by atoms with Crippen LogP contribution < -0.4 is 5.32 Å². The molecule has 1 N–H and O–H groups in total. The van der Waals surface area contributed by atoms with Crippen LogP contribution >= 0.6 is 23.2 Å². The highest BCUT2D eigenvalue weighted by Crippen LogP contribution is 2.32. The van der Waals surface area contributed by atoms with Gasteiger partial charge in [0, 0.05) is 35.3 Å². The predicted molar refractivity (Wildman–Crippen MR) is 132 cm³/mol. The molecule has 3 aromatic rings. The van der Waals surface area contributed by atoms with Crippen LogP contribution in [0.1, 0.15) is 28.9 Å². The number of para-hydroxylation sites is 1. The average molecular weight is 539 g/mol. The molecule has 0 unspecified atom stereocenters. The summed E-state index contributed by atoms with van der Waals surface area (Å²) in [6, 6.07) is 13.8. The number of ketones is 1. The smallest absolute Gasteiger partial charge is 0.345 e. The van der Waals surface area contributed by atoms with E-state index in [1.54, 1.807) is 28.9 Å². The van der Waals surface area contributed by atoms with Crippen molar-refractivity contribution in [3.05, 3.63) is 69.8 Å². The van der Waals surface area contributed by atoms with E-state index in [1.807, 2.05) is 41.4 Å². The second-order valence-corrected chi connectivity index (χ2v) is 9.48. The molecule has 0 aliphatic carbocycles. The van der Waals surface area contributed by atoms with E-state index in [2.05, 4.69) is 5.10 Å². The maximum Gasteiger partial charge on any atom is 0.471 e. The molecule has 1 aliphatic rings. The standard InChI is InChI=1S/C25H23Cl2F3N4O2/c1-15-22(21(35)14-33-12-10-18(11-13-33)31-24(36)25(28,29)30)32-34(20-5-3-2-4-19(20)27)23(15)16-6-8-17(26)9-7-16/h2-9,18H,10-14H2,1H3,(H,31,36). The zero-order valence-corrected chi connectivity index (χ0v) is 20.8. The van der Waals surface area contributed by atoms with Crippen molar-refractivity contribution in [3.8, 4) is 16.9 Å². The second kappa shape index (κ2) is 10.6. The summed E-state index contributed by atoms with van der Waals surface area (Å²) in [5.41, 5.74) is 3.09. The summed E-state index contributed by atoms with van der Waals surface area (Å²) < 4.78 is 39.2. The Balaban J connectivity index is 1.55. The van der Waals surface area contributed by atoms with Crippen LogP contribution in [0.2, 0.25) is 10.0 Å². The number of carbonyl (C=O) groups is 2. The maximum absolute atomic E-state index is 13.3. The number of aromatic nitrogens is 2. The van der Waals surface area contributed by atoms with Crippen LogP contribution in [-0.2, 0) is 4.79 Å². The van der Waals surface area contributed by atoms with Crippen LogP contribution in [0.5, 0.6) is 0 Å². The number of rotatable bonds is 6. The van der Waals surface area contributed by atoms with Gasteiger partial charge < -0.3 is 5.32 Å². The number of likely N-dealkylation sites (tertiary alicyclic amines) is 1. The minimum atomic E-state index is -4.91. The van der Waals surface area contributed by atoms with Crippen molar-refractivity contribution in [2.24, 2.45) is 0 Å². The highest BCUT2D eigenvalue weighted by atomic mass is 35.5. The van der Waals surface area contributed by atoms with Crippen LogP contribution in [0.25, 0.3) is 16.9 Å². The zero-order chi connectivity index (χ0) is 26.0. The van der Waals surface area contributed by atoms with E-state index in [0.717, 1.165) is 5.56 Å². The summed E-state index contributed by atoms with van der Waals surface area (Å²) in [5.74, 6) is -2.15. The van der Waals surface area contributed by atoms with Gasteiger partial charge in [-0.2, -0.15) is 18.3 Å². The number of hydrogen-bond acceptors (Lipinski definition) is 4. The van der Waals surface area contributed by atoms with E-state index >= 15 is 0 Å². The zero-order valence-electron chi connectivity index (χ0n) is 19.3. The molecule has 2 aromatic carbocycles. The lowest BCUT2D eigenvalue weighted by Crippen LogP contribution is -2.49. The van der Waals surface area contributed by atoms with E-state index in [9.17, 15) is 22.8 Å². The molecule has 1 amide bonds. The first kappa shape index (κ1) is 26.2. The number of benzene rings is 2. The van der Waals surface area contributed by atoms with Gasteiger partial charge in [0.1, 0.15) is 5.69 Å². The minimum absolute atomic E-state index is 0.0559. The lowest BCUT2D eigenvalue weighted by atomic mass is 10.0. The average Bonchev–Trinajstić information content (AvgIpc) is 3.17. The van der Waals surface area contributed by atoms with E-state index in [4.69, 9.17) is 23.2 Å². The second-order valence-electron chi connectivity index (χ2n) is 8.64. The predicted octanol–water partition coefficient (Wildman–Crippen LogP) is 5.48. The van der Waals surface area contributed by atoms with Gasteiger partial charge in [-0.1, -0.05) is 47.5 Å². The Labute approximate surface area is 216 Å². The van der Waals surface area contributed by atoms with Crippen molar-refractivity contribution in [2.45, 2.75) is 32.0 Å². The van der Waals surface area contributed by atoms with Gasteiger partial charge in [-0.3, -0.25) is 14.5 Å². The minimum Gasteiger partial charge on any atom is -0.345 e. The molecule has 2 heterocycles. The number of nitrogens with zero attached hydrogens (tertiary/aromatic N) is 3. The third-order valence-electron chi connectivity index (χ3n) is 6.13. The fraction of sp³-hybridized carbons (Fsp3) is 0.320. The third-order valence-corrected chi connectivity index (χ3v) is 6.70. The molecular formula is C25H23Cl2F3N4O2. The first-order valence-corrected chi connectivity index (χ1v) is 12.0. The molecule has 0 bridgehead atoms. The van der Waals surface area contributed by atoms with Crippen molar-refractivity contribution in [1.29, 1.82) is 0 Å². The summed E-state index contributed by atoms with van der Waals surface area (Å²) in [7, 11) is 0. The lowest BCUT2D eigenvalue weighted by molar-refractivity contribution is -0.174. The number of piperidine rings is 1. The van der Waals surface area contributed by atoms with Gasteiger partial charge in [-0.15, -0.1) is 0 Å². The highest BCUT2D eigenvalue weighted by Gasteiger charge is 2.40. The fourth-order valence-corrected chi connectivity index (χ4v) is 4.63. The first-order valence-electron chi connectivity index (χ1n) is 11.3. The molecule has 11 heteroatoms. The van der Waals surface area contributed by atoms with Gasteiger partial charge in [-0.05, 0) is 44.0 Å². The Morgan fingerprint density at radius 3 is 2.31 bits per heavy atom.